The predicted octanol–water partition coefficient (Wildman–Crippen LogP) is 1.48. The summed E-state index contributed by atoms with van der Waals surface area (Å²) in [5.41, 5.74) is -0.448. The minimum Gasteiger partial charge on any atom is -0.382 e. The van der Waals surface area contributed by atoms with Crippen LogP contribution in [0.2, 0.25) is 0 Å². The van der Waals surface area contributed by atoms with E-state index in [0.717, 1.165) is 12.8 Å². The van der Waals surface area contributed by atoms with E-state index < -0.39 is 5.54 Å². The van der Waals surface area contributed by atoms with Crippen LogP contribution in [0.15, 0.2) is 0 Å². The summed E-state index contributed by atoms with van der Waals surface area (Å²) in [6.45, 7) is 5.20. The molecule has 0 aliphatic heterocycles. The van der Waals surface area contributed by atoms with E-state index in [1.165, 1.54) is 12.8 Å². The Bertz CT molecular complexity index is 276. The summed E-state index contributed by atoms with van der Waals surface area (Å²) < 4.78 is 15.8. The highest BCUT2D eigenvalue weighted by Gasteiger charge is 2.32. The van der Waals surface area contributed by atoms with Crippen LogP contribution in [0, 0.1) is 11.3 Å². The zero-order valence-corrected chi connectivity index (χ0v) is 12.1. The van der Waals surface area contributed by atoms with Crippen molar-refractivity contribution in [2.75, 3.05) is 40.1 Å². The van der Waals surface area contributed by atoms with E-state index in [-0.39, 0.29) is 0 Å². The second kappa shape index (κ2) is 9.27. The third-order valence-electron chi connectivity index (χ3n) is 3.10. The van der Waals surface area contributed by atoms with Gasteiger partial charge in [0.1, 0.15) is 5.54 Å². The van der Waals surface area contributed by atoms with E-state index in [0.29, 0.717) is 39.1 Å². The van der Waals surface area contributed by atoms with Crippen LogP contribution < -0.4 is 5.32 Å². The Hall–Kier alpha value is -0.670. The lowest BCUT2D eigenvalue weighted by Crippen LogP contribution is -2.43. The van der Waals surface area contributed by atoms with E-state index in [1.54, 1.807) is 7.11 Å². The summed E-state index contributed by atoms with van der Waals surface area (Å²) in [6, 6.07) is 2.89. The molecule has 1 aliphatic carbocycles. The molecular weight excluding hydrogens is 244 g/mol. The number of nitrogens with zero attached hydrogens (tertiary/aromatic N) is 1. The molecular formula is C14H26N2O3. The van der Waals surface area contributed by atoms with Crippen LogP contribution in [0.5, 0.6) is 0 Å². The molecule has 0 spiro atoms. The third-order valence-corrected chi connectivity index (χ3v) is 3.10. The van der Waals surface area contributed by atoms with Crippen LogP contribution in [-0.2, 0) is 14.2 Å². The molecule has 5 heteroatoms. The predicted molar refractivity (Wildman–Crippen MR) is 72.9 cm³/mol. The van der Waals surface area contributed by atoms with E-state index in [2.05, 4.69) is 11.4 Å². The van der Waals surface area contributed by atoms with Crippen LogP contribution >= 0.6 is 0 Å². The highest BCUT2D eigenvalue weighted by Crippen LogP contribution is 2.23. The summed E-state index contributed by atoms with van der Waals surface area (Å²) in [6.07, 6.45) is 3.99. The van der Waals surface area contributed by atoms with Gasteiger partial charge in [0.2, 0.25) is 0 Å². The minimum absolute atomic E-state index is 0.448. The highest BCUT2D eigenvalue weighted by molar-refractivity contribution is 5.06. The van der Waals surface area contributed by atoms with Gasteiger partial charge in [-0.1, -0.05) is 0 Å². The first-order valence-electron chi connectivity index (χ1n) is 7.03. The topological polar surface area (TPSA) is 63.5 Å². The zero-order chi connectivity index (χ0) is 14.0. The van der Waals surface area contributed by atoms with Gasteiger partial charge >= 0.3 is 0 Å². The van der Waals surface area contributed by atoms with Crippen LogP contribution in [0.4, 0.5) is 0 Å². The average Bonchev–Trinajstić information content (AvgIpc) is 3.20. The fourth-order valence-electron chi connectivity index (χ4n) is 1.72. The van der Waals surface area contributed by atoms with Gasteiger partial charge in [0.25, 0.3) is 0 Å². The molecule has 1 aliphatic rings. The second-order valence-corrected chi connectivity index (χ2v) is 5.18. The molecule has 5 nitrogen and oxygen atoms in total. The van der Waals surface area contributed by atoms with Crippen molar-refractivity contribution in [3.8, 4) is 6.07 Å². The Morgan fingerprint density at radius 3 is 2.42 bits per heavy atom. The number of rotatable bonds is 12. The molecule has 0 aromatic carbocycles. The standard InChI is InChI=1S/C14H26N2O3/c1-14(12-15,16-13-4-5-13)6-9-18-7-3-8-19-11-10-17-2/h13,16H,3-11H2,1-2H3. The maximum absolute atomic E-state index is 9.19. The fraction of sp³-hybridized carbons (Fsp3) is 0.929. The maximum Gasteiger partial charge on any atom is 0.106 e. The van der Waals surface area contributed by atoms with Crippen molar-refractivity contribution in [1.82, 2.24) is 5.32 Å². The van der Waals surface area contributed by atoms with Crippen molar-refractivity contribution in [3.63, 3.8) is 0 Å². The number of ether oxygens (including phenoxy) is 3. The fourth-order valence-corrected chi connectivity index (χ4v) is 1.72. The van der Waals surface area contributed by atoms with E-state index >= 15 is 0 Å². The lowest BCUT2D eigenvalue weighted by Gasteiger charge is -2.23. The molecule has 0 radical (unpaired) electrons. The van der Waals surface area contributed by atoms with Gasteiger partial charge in [-0.25, -0.2) is 0 Å². The van der Waals surface area contributed by atoms with Crippen molar-refractivity contribution in [3.05, 3.63) is 0 Å². The molecule has 1 fully saturated rings. The molecule has 1 atom stereocenters. The minimum atomic E-state index is -0.448. The van der Waals surface area contributed by atoms with Gasteiger partial charge in [-0.05, 0) is 26.2 Å². The smallest absolute Gasteiger partial charge is 0.106 e. The normalized spacial score (nSPS) is 17.9. The number of hydrogen-bond acceptors (Lipinski definition) is 5. The van der Waals surface area contributed by atoms with Gasteiger partial charge in [0.15, 0.2) is 0 Å². The summed E-state index contributed by atoms with van der Waals surface area (Å²) >= 11 is 0. The molecule has 0 aromatic heterocycles. The van der Waals surface area contributed by atoms with E-state index in [9.17, 15) is 5.26 Å². The van der Waals surface area contributed by atoms with Crippen LogP contribution in [-0.4, -0.2) is 51.7 Å². The lowest BCUT2D eigenvalue weighted by molar-refractivity contribution is 0.0491. The summed E-state index contributed by atoms with van der Waals surface area (Å²) in [4.78, 5) is 0. The van der Waals surface area contributed by atoms with Gasteiger partial charge in [-0.15, -0.1) is 0 Å². The zero-order valence-electron chi connectivity index (χ0n) is 12.1. The monoisotopic (exact) mass is 270 g/mol. The molecule has 0 bridgehead atoms. The van der Waals surface area contributed by atoms with Crippen molar-refractivity contribution in [2.24, 2.45) is 0 Å². The average molecular weight is 270 g/mol. The molecule has 19 heavy (non-hydrogen) atoms. The Kier molecular flexibility index (Phi) is 7.99. The summed E-state index contributed by atoms with van der Waals surface area (Å²) in [5.74, 6) is 0. The summed E-state index contributed by atoms with van der Waals surface area (Å²) in [7, 11) is 1.66. The van der Waals surface area contributed by atoms with Crippen LogP contribution in [0.25, 0.3) is 0 Å². The van der Waals surface area contributed by atoms with Crippen molar-refractivity contribution in [2.45, 2.75) is 44.2 Å². The van der Waals surface area contributed by atoms with Crippen LogP contribution in [0.3, 0.4) is 0 Å². The Morgan fingerprint density at radius 1 is 1.16 bits per heavy atom. The highest BCUT2D eigenvalue weighted by atomic mass is 16.5. The first-order chi connectivity index (χ1) is 9.20. The lowest BCUT2D eigenvalue weighted by atomic mass is 10.0. The van der Waals surface area contributed by atoms with Crippen LogP contribution in [0.1, 0.15) is 32.6 Å². The van der Waals surface area contributed by atoms with Crippen molar-refractivity contribution in [1.29, 1.82) is 5.26 Å². The molecule has 1 rings (SSSR count). The van der Waals surface area contributed by atoms with Gasteiger partial charge in [0.05, 0.1) is 19.3 Å². The molecule has 110 valence electrons. The molecule has 0 saturated heterocycles. The Morgan fingerprint density at radius 2 is 1.84 bits per heavy atom. The summed E-state index contributed by atoms with van der Waals surface area (Å²) in [5, 5.41) is 12.5. The molecule has 1 N–H and O–H groups in total. The van der Waals surface area contributed by atoms with E-state index in [1.807, 2.05) is 6.92 Å². The first-order valence-corrected chi connectivity index (χ1v) is 7.03. The number of nitrogens with one attached hydrogen (secondary N) is 1. The number of methoxy groups -OCH3 is 1. The molecule has 1 unspecified atom stereocenters. The largest absolute Gasteiger partial charge is 0.382 e. The van der Waals surface area contributed by atoms with Gasteiger partial charge < -0.3 is 14.2 Å². The van der Waals surface area contributed by atoms with Crippen molar-refractivity contribution >= 4 is 0 Å². The SMILES string of the molecule is COCCOCCCOCCC(C)(C#N)NC1CC1. The first kappa shape index (κ1) is 16.4. The Labute approximate surface area is 116 Å². The maximum atomic E-state index is 9.19. The van der Waals surface area contributed by atoms with Gasteiger partial charge in [-0.3, -0.25) is 5.32 Å². The molecule has 0 amide bonds. The number of nitriles is 1. The molecule has 0 heterocycles. The molecule has 0 aromatic rings. The Balaban J connectivity index is 1.92. The van der Waals surface area contributed by atoms with Gasteiger partial charge in [0, 0.05) is 39.4 Å². The number of hydrogen-bond donors (Lipinski definition) is 1. The van der Waals surface area contributed by atoms with Crippen molar-refractivity contribution < 1.29 is 14.2 Å². The second-order valence-electron chi connectivity index (χ2n) is 5.18. The van der Waals surface area contributed by atoms with E-state index in [4.69, 9.17) is 14.2 Å². The molecule has 1 saturated carbocycles. The quantitative estimate of drug-likeness (QED) is 0.544. The van der Waals surface area contributed by atoms with Gasteiger partial charge in [-0.2, -0.15) is 5.26 Å². The third kappa shape index (κ3) is 8.17.